The van der Waals surface area contributed by atoms with E-state index in [1.807, 2.05) is 0 Å². The summed E-state index contributed by atoms with van der Waals surface area (Å²) in [6.07, 6.45) is -1.03. The molecule has 1 amide bonds. The molecule has 1 atom stereocenters. The highest BCUT2D eigenvalue weighted by Gasteiger charge is 2.19. The van der Waals surface area contributed by atoms with Gasteiger partial charge in [0, 0.05) is 0 Å². The van der Waals surface area contributed by atoms with Crippen LogP contribution in [0.3, 0.4) is 0 Å². The van der Waals surface area contributed by atoms with Crippen molar-refractivity contribution < 1.29 is 19.1 Å². The molecule has 0 spiro atoms. The summed E-state index contributed by atoms with van der Waals surface area (Å²) >= 11 is 11.7. The summed E-state index contributed by atoms with van der Waals surface area (Å²) in [4.78, 5) is 22.4. The molecule has 7 heteroatoms. The number of halogens is 2. The molecule has 0 radical (unpaired) electrons. The molecule has 2 N–H and O–H groups in total. The van der Waals surface area contributed by atoms with Crippen LogP contribution in [0.4, 0.5) is 0 Å². The topological polar surface area (TPSA) is 78.6 Å². The Morgan fingerprint density at radius 3 is 2.17 bits per heavy atom. The predicted octanol–water partition coefficient (Wildman–Crippen LogP) is 2.03. The lowest BCUT2D eigenvalue weighted by molar-refractivity contribution is -0.125. The zero-order chi connectivity index (χ0) is 13.9. The first-order chi connectivity index (χ1) is 8.36. The molecule has 1 rings (SSSR count). The van der Waals surface area contributed by atoms with Gasteiger partial charge in [-0.15, -0.1) is 0 Å². The first-order valence-electron chi connectivity index (χ1n) is 4.90. The standard InChI is InChI=1S/C11H11Cl2NO4/c1-5(10(14)15)18-11(16)6-3-7(12)9(17-2)8(13)4-6/h3-5H,1-2H3,(H2,14,15)/t5-/m0/s1. The third-order valence-electron chi connectivity index (χ3n) is 2.12. The first kappa shape index (κ1) is 14.6. The van der Waals surface area contributed by atoms with Gasteiger partial charge in [0.15, 0.2) is 11.9 Å². The van der Waals surface area contributed by atoms with Crippen molar-refractivity contribution in [3.8, 4) is 5.75 Å². The molecular formula is C11H11Cl2NO4. The van der Waals surface area contributed by atoms with Crippen LogP contribution in [0.1, 0.15) is 17.3 Å². The summed E-state index contributed by atoms with van der Waals surface area (Å²) in [7, 11) is 1.40. The zero-order valence-corrected chi connectivity index (χ0v) is 11.2. The second-order valence-corrected chi connectivity index (χ2v) is 4.24. The van der Waals surface area contributed by atoms with E-state index in [2.05, 4.69) is 0 Å². The number of benzene rings is 1. The van der Waals surface area contributed by atoms with Gasteiger partial charge in [0.05, 0.1) is 22.7 Å². The molecule has 0 fully saturated rings. The van der Waals surface area contributed by atoms with Gasteiger partial charge < -0.3 is 15.2 Å². The van der Waals surface area contributed by atoms with Crippen LogP contribution in [0.5, 0.6) is 5.75 Å². The van der Waals surface area contributed by atoms with Gasteiger partial charge in [0.1, 0.15) is 0 Å². The van der Waals surface area contributed by atoms with Crippen molar-refractivity contribution in [2.24, 2.45) is 5.73 Å². The summed E-state index contributed by atoms with van der Waals surface area (Å²) in [5.74, 6) is -1.22. The van der Waals surface area contributed by atoms with E-state index in [0.717, 1.165) is 0 Å². The lowest BCUT2D eigenvalue weighted by atomic mass is 10.2. The molecular weight excluding hydrogens is 281 g/mol. The molecule has 0 saturated carbocycles. The van der Waals surface area contributed by atoms with Crippen molar-refractivity contribution in [1.82, 2.24) is 0 Å². The minimum absolute atomic E-state index is 0.110. The molecule has 5 nitrogen and oxygen atoms in total. The van der Waals surface area contributed by atoms with E-state index in [4.69, 9.17) is 38.4 Å². The number of amides is 1. The maximum Gasteiger partial charge on any atom is 0.339 e. The van der Waals surface area contributed by atoms with Crippen molar-refractivity contribution in [1.29, 1.82) is 0 Å². The molecule has 0 aliphatic heterocycles. The number of nitrogens with two attached hydrogens (primary N) is 1. The second kappa shape index (κ2) is 5.93. The fourth-order valence-corrected chi connectivity index (χ4v) is 1.80. The van der Waals surface area contributed by atoms with E-state index in [1.165, 1.54) is 26.2 Å². The fourth-order valence-electron chi connectivity index (χ4n) is 1.16. The number of esters is 1. The Balaban J connectivity index is 2.97. The summed E-state index contributed by atoms with van der Waals surface area (Å²) in [5.41, 5.74) is 5.09. The monoisotopic (exact) mass is 291 g/mol. The molecule has 0 aliphatic carbocycles. The molecule has 0 aliphatic rings. The number of carbonyl (C=O) groups is 2. The van der Waals surface area contributed by atoms with Gasteiger partial charge >= 0.3 is 5.97 Å². The highest BCUT2D eigenvalue weighted by molar-refractivity contribution is 6.37. The van der Waals surface area contributed by atoms with Gasteiger partial charge in [-0.3, -0.25) is 4.79 Å². The van der Waals surface area contributed by atoms with E-state index in [1.54, 1.807) is 0 Å². The number of carbonyl (C=O) groups excluding carboxylic acids is 2. The van der Waals surface area contributed by atoms with Crippen LogP contribution in [0.25, 0.3) is 0 Å². The lowest BCUT2D eigenvalue weighted by Gasteiger charge is -2.11. The van der Waals surface area contributed by atoms with Gasteiger partial charge in [0.25, 0.3) is 5.91 Å². The Labute approximate surface area is 114 Å². The van der Waals surface area contributed by atoms with E-state index < -0.39 is 18.0 Å². The second-order valence-electron chi connectivity index (χ2n) is 3.42. The zero-order valence-electron chi connectivity index (χ0n) is 9.70. The van der Waals surface area contributed by atoms with Crippen LogP contribution >= 0.6 is 23.2 Å². The average molecular weight is 292 g/mol. The van der Waals surface area contributed by atoms with Crippen LogP contribution in [-0.4, -0.2) is 25.1 Å². The van der Waals surface area contributed by atoms with Crippen LogP contribution in [0.15, 0.2) is 12.1 Å². The number of rotatable bonds is 4. The third-order valence-corrected chi connectivity index (χ3v) is 2.68. The molecule has 0 aromatic heterocycles. The summed E-state index contributed by atoms with van der Waals surface area (Å²) < 4.78 is 9.75. The number of ether oxygens (including phenoxy) is 2. The SMILES string of the molecule is COc1c(Cl)cc(C(=O)O[C@@H](C)C(N)=O)cc1Cl. The van der Waals surface area contributed by atoms with E-state index in [9.17, 15) is 9.59 Å². The van der Waals surface area contributed by atoms with Crippen molar-refractivity contribution in [3.05, 3.63) is 27.7 Å². The smallest absolute Gasteiger partial charge is 0.339 e. The molecule has 0 saturated heterocycles. The highest BCUT2D eigenvalue weighted by atomic mass is 35.5. The van der Waals surface area contributed by atoms with Crippen molar-refractivity contribution >= 4 is 35.1 Å². The van der Waals surface area contributed by atoms with Crippen LogP contribution in [-0.2, 0) is 9.53 Å². The normalized spacial score (nSPS) is 11.8. The fraction of sp³-hybridized carbons (Fsp3) is 0.273. The maximum atomic E-state index is 11.7. The summed E-state index contributed by atoms with van der Waals surface area (Å²) in [6.45, 7) is 1.37. The Hall–Kier alpha value is -1.46. The minimum atomic E-state index is -1.03. The Morgan fingerprint density at radius 1 is 1.28 bits per heavy atom. The highest BCUT2D eigenvalue weighted by Crippen LogP contribution is 2.34. The number of primary amides is 1. The quantitative estimate of drug-likeness (QED) is 0.861. The molecule has 18 heavy (non-hydrogen) atoms. The van der Waals surface area contributed by atoms with Gasteiger partial charge in [-0.1, -0.05) is 23.2 Å². The largest absolute Gasteiger partial charge is 0.494 e. The van der Waals surface area contributed by atoms with Crippen molar-refractivity contribution in [2.75, 3.05) is 7.11 Å². The van der Waals surface area contributed by atoms with E-state index in [-0.39, 0.29) is 21.4 Å². The molecule has 0 unspecified atom stereocenters. The first-order valence-corrected chi connectivity index (χ1v) is 5.65. The van der Waals surface area contributed by atoms with Crippen LogP contribution in [0.2, 0.25) is 10.0 Å². The summed E-state index contributed by atoms with van der Waals surface area (Å²) in [6, 6.07) is 2.67. The minimum Gasteiger partial charge on any atom is -0.494 e. The molecule has 98 valence electrons. The van der Waals surface area contributed by atoms with E-state index in [0.29, 0.717) is 0 Å². The Kier molecular flexibility index (Phi) is 4.81. The van der Waals surface area contributed by atoms with Gasteiger partial charge in [-0.25, -0.2) is 4.79 Å². The number of methoxy groups -OCH3 is 1. The third kappa shape index (κ3) is 3.27. The average Bonchev–Trinajstić information content (AvgIpc) is 2.28. The maximum absolute atomic E-state index is 11.7. The Morgan fingerprint density at radius 2 is 1.78 bits per heavy atom. The predicted molar refractivity (Wildman–Crippen MR) is 67.1 cm³/mol. The molecule has 0 heterocycles. The van der Waals surface area contributed by atoms with E-state index >= 15 is 0 Å². The van der Waals surface area contributed by atoms with Gasteiger partial charge in [-0.2, -0.15) is 0 Å². The van der Waals surface area contributed by atoms with Gasteiger partial charge in [0.2, 0.25) is 0 Å². The lowest BCUT2D eigenvalue weighted by Crippen LogP contribution is -2.30. The van der Waals surface area contributed by atoms with Crippen molar-refractivity contribution in [3.63, 3.8) is 0 Å². The number of hydrogen-bond acceptors (Lipinski definition) is 4. The number of hydrogen-bond donors (Lipinski definition) is 1. The molecule has 1 aromatic rings. The van der Waals surface area contributed by atoms with Gasteiger partial charge in [-0.05, 0) is 19.1 Å². The van der Waals surface area contributed by atoms with Crippen LogP contribution < -0.4 is 10.5 Å². The van der Waals surface area contributed by atoms with Crippen molar-refractivity contribution in [2.45, 2.75) is 13.0 Å². The summed E-state index contributed by atoms with van der Waals surface area (Å²) in [5, 5.41) is 0.340. The van der Waals surface area contributed by atoms with Crippen LogP contribution in [0, 0.1) is 0 Å². The molecule has 0 bridgehead atoms. The molecule has 1 aromatic carbocycles. The Bertz CT molecular complexity index is 467.